The topological polar surface area (TPSA) is 105 Å². The van der Waals surface area contributed by atoms with E-state index in [1.54, 1.807) is 19.2 Å². The molecular formula is C25H19N5O4S. The Hall–Kier alpha value is -4.57. The lowest BCUT2D eigenvalue weighted by molar-refractivity contribution is -0.138. The van der Waals surface area contributed by atoms with Crippen LogP contribution < -0.4 is 4.74 Å². The first kappa shape index (κ1) is 22.2. The van der Waals surface area contributed by atoms with Gasteiger partial charge in [-0.25, -0.2) is 9.78 Å². The third-order valence-electron chi connectivity index (χ3n) is 5.00. The molecule has 5 aromatic rings. The number of para-hydroxylation sites is 1. The highest BCUT2D eigenvalue weighted by Crippen LogP contribution is 2.32. The summed E-state index contributed by atoms with van der Waals surface area (Å²) in [5.41, 5.74) is 2.33. The predicted octanol–water partition coefficient (Wildman–Crippen LogP) is 4.81. The van der Waals surface area contributed by atoms with E-state index in [0.29, 0.717) is 17.3 Å². The van der Waals surface area contributed by atoms with E-state index < -0.39 is 5.97 Å². The molecule has 0 radical (unpaired) electrons. The molecule has 2 aromatic carbocycles. The summed E-state index contributed by atoms with van der Waals surface area (Å²) in [6.07, 6.45) is 3.05. The Balaban J connectivity index is 1.40. The number of tetrazole rings is 1. The van der Waals surface area contributed by atoms with Crippen LogP contribution in [0.2, 0.25) is 0 Å². The summed E-state index contributed by atoms with van der Waals surface area (Å²) < 4.78 is 17.8. The molecule has 0 atom stereocenters. The quantitative estimate of drug-likeness (QED) is 0.228. The molecule has 35 heavy (non-hydrogen) atoms. The molecule has 0 bridgehead atoms. The van der Waals surface area contributed by atoms with Gasteiger partial charge in [-0.15, -0.1) is 16.4 Å². The molecule has 0 amide bonds. The molecule has 0 spiro atoms. The van der Waals surface area contributed by atoms with Crippen molar-refractivity contribution in [3.8, 4) is 27.7 Å². The molecule has 0 aliphatic rings. The van der Waals surface area contributed by atoms with E-state index in [0.717, 1.165) is 21.9 Å². The first-order valence-electron chi connectivity index (χ1n) is 10.6. The van der Waals surface area contributed by atoms with Crippen LogP contribution in [0, 0.1) is 0 Å². The number of methoxy groups -OCH3 is 1. The van der Waals surface area contributed by atoms with Gasteiger partial charge in [-0.3, -0.25) is 0 Å². The van der Waals surface area contributed by atoms with Crippen LogP contribution in [0.3, 0.4) is 0 Å². The summed E-state index contributed by atoms with van der Waals surface area (Å²) in [5, 5.41) is 14.5. The number of carbonyl (C=O) groups excluding carboxylic acids is 1. The molecule has 3 heterocycles. The van der Waals surface area contributed by atoms with E-state index >= 15 is 0 Å². The molecule has 10 heteroatoms. The van der Waals surface area contributed by atoms with Crippen molar-refractivity contribution >= 4 is 29.1 Å². The number of aromatic nitrogens is 5. The number of benzene rings is 2. The van der Waals surface area contributed by atoms with E-state index in [4.69, 9.17) is 13.9 Å². The summed E-state index contributed by atoms with van der Waals surface area (Å²) in [7, 11) is 1.62. The summed E-state index contributed by atoms with van der Waals surface area (Å²) in [4.78, 5) is 17.8. The van der Waals surface area contributed by atoms with E-state index in [1.807, 2.05) is 60.0 Å². The van der Waals surface area contributed by atoms with Crippen molar-refractivity contribution in [3.05, 3.63) is 89.8 Å². The third kappa shape index (κ3) is 4.87. The van der Waals surface area contributed by atoms with Gasteiger partial charge >= 0.3 is 5.97 Å². The Bertz CT molecular complexity index is 1460. The smallest absolute Gasteiger partial charge is 0.357 e. The number of ether oxygens (including phenoxy) is 2. The standard InChI is InChI=1S/C25H19N5O4S/c1-32-22-12-6-5-11-20(22)24-26-18(16-35-24)15-34-25(31)21(14-19-10-7-13-33-19)30-23(27-28-29-30)17-8-3-2-4-9-17/h2-14,16H,15H2,1H3/b21-14-. The molecule has 174 valence electrons. The van der Waals surface area contributed by atoms with Crippen molar-refractivity contribution in [2.75, 3.05) is 7.11 Å². The van der Waals surface area contributed by atoms with Gasteiger partial charge in [-0.1, -0.05) is 42.5 Å². The van der Waals surface area contributed by atoms with Gasteiger partial charge in [0, 0.05) is 17.0 Å². The van der Waals surface area contributed by atoms with E-state index in [-0.39, 0.29) is 12.3 Å². The molecule has 3 aromatic heterocycles. The lowest BCUT2D eigenvalue weighted by Crippen LogP contribution is -2.15. The molecule has 0 N–H and O–H groups in total. The van der Waals surface area contributed by atoms with Crippen LogP contribution in [0.1, 0.15) is 11.5 Å². The molecule has 0 aliphatic carbocycles. The number of esters is 1. The Labute approximate surface area is 204 Å². The van der Waals surface area contributed by atoms with Gasteiger partial charge in [0.05, 0.1) is 24.6 Å². The van der Waals surface area contributed by atoms with Crippen LogP contribution >= 0.6 is 11.3 Å². The molecule has 9 nitrogen and oxygen atoms in total. The fourth-order valence-corrected chi connectivity index (χ4v) is 4.20. The van der Waals surface area contributed by atoms with Crippen molar-refractivity contribution < 1.29 is 18.7 Å². The summed E-state index contributed by atoms with van der Waals surface area (Å²) >= 11 is 1.44. The Kier molecular flexibility index (Phi) is 6.44. The highest BCUT2D eigenvalue weighted by Gasteiger charge is 2.22. The maximum absolute atomic E-state index is 13.2. The number of thiazole rings is 1. The number of carbonyl (C=O) groups is 1. The summed E-state index contributed by atoms with van der Waals surface area (Å²) in [6, 6.07) is 20.4. The van der Waals surface area contributed by atoms with Gasteiger partial charge in [0.15, 0.2) is 11.5 Å². The van der Waals surface area contributed by atoms with Gasteiger partial charge in [0.1, 0.15) is 23.1 Å². The first-order chi connectivity index (χ1) is 17.2. The maximum Gasteiger partial charge on any atom is 0.357 e. The average molecular weight is 486 g/mol. The first-order valence-corrected chi connectivity index (χ1v) is 11.4. The number of furan rings is 1. The SMILES string of the molecule is COc1ccccc1-c1nc(COC(=O)/C(=C/c2ccco2)n2nnnc2-c2ccccc2)cs1. The van der Waals surface area contributed by atoms with Crippen molar-refractivity contribution in [2.24, 2.45) is 0 Å². The fourth-order valence-electron chi connectivity index (χ4n) is 3.36. The van der Waals surface area contributed by atoms with Crippen LogP contribution in [0.25, 0.3) is 33.7 Å². The normalized spacial score (nSPS) is 11.4. The molecule has 0 saturated carbocycles. The minimum absolute atomic E-state index is 0.0250. The van der Waals surface area contributed by atoms with Crippen molar-refractivity contribution in [3.63, 3.8) is 0 Å². The number of hydrogen-bond acceptors (Lipinski definition) is 9. The van der Waals surface area contributed by atoms with Crippen LogP contribution in [-0.4, -0.2) is 38.3 Å². The molecule has 5 rings (SSSR count). The molecule has 0 saturated heterocycles. The Morgan fingerprint density at radius 1 is 1.09 bits per heavy atom. The molecule has 0 fully saturated rings. The van der Waals surface area contributed by atoms with Crippen molar-refractivity contribution in [1.29, 1.82) is 0 Å². The predicted molar refractivity (Wildman–Crippen MR) is 130 cm³/mol. The van der Waals surface area contributed by atoms with Crippen LogP contribution in [-0.2, 0) is 16.1 Å². The van der Waals surface area contributed by atoms with E-state index in [9.17, 15) is 4.79 Å². The second-order valence-electron chi connectivity index (χ2n) is 7.25. The summed E-state index contributed by atoms with van der Waals surface area (Å²) in [5.74, 6) is 0.949. The number of nitrogens with zero attached hydrogens (tertiary/aromatic N) is 5. The van der Waals surface area contributed by atoms with Crippen molar-refractivity contribution in [2.45, 2.75) is 6.61 Å². The molecule has 0 unspecified atom stereocenters. The average Bonchev–Trinajstić information content (AvgIpc) is 3.68. The zero-order valence-electron chi connectivity index (χ0n) is 18.6. The van der Waals surface area contributed by atoms with Crippen molar-refractivity contribution in [1.82, 2.24) is 25.2 Å². The highest BCUT2D eigenvalue weighted by atomic mass is 32.1. The zero-order chi connectivity index (χ0) is 24.0. The van der Waals surface area contributed by atoms with Crippen LogP contribution in [0.15, 0.2) is 82.8 Å². The minimum Gasteiger partial charge on any atom is -0.496 e. The minimum atomic E-state index is -0.627. The monoisotopic (exact) mass is 485 g/mol. The van der Waals surface area contributed by atoms with Gasteiger partial charge in [-0.05, 0) is 34.7 Å². The maximum atomic E-state index is 13.2. The third-order valence-corrected chi connectivity index (χ3v) is 5.93. The molecular weight excluding hydrogens is 466 g/mol. The van der Waals surface area contributed by atoms with Gasteiger partial charge in [0.25, 0.3) is 0 Å². The fraction of sp³-hybridized carbons (Fsp3) is 0.0800. The van der Waals surface area contributed by atoms with Gasteiger partial charge in [0.2, 0.25) is 0 Å². The highest BCUT2D eigenvalue weighted by molar-refractivity contribution is 7.13. The zero-order valence-corrected chi connectivity index (χ0v) is 19.4. The second-order valence-corrected chi connectivity index (χ2v) is 8.10. The second kappa shape index (κ2) is 10.1. The van der Waals surface area contributed by atoms with E-state index in [2.05, 4.69) is 20.5 Å². The van der Waals surface area contributed by atoms with Gasteiger partial charge in [-0.2, -0.15) is 4.68 Å². The number of rotatable bonds is 8. The summed E-state index contributed by atoms with van der Waals surface area (Å²) in [6.45, 7) is -0.0250. The van der Waals surface area contributed by atoms with E-state index in [1.165, 1.54) is 28.4 Å². The molecule has 0 aliphatic heterocycles. The Morgan fingerprint density at radius 2 is 1.91 bits per heavy atom. The lowest BCUT2D eigenvalue weighted by atomic mass is 10.2. The number of hydrogen-bond donors (Lipinski definition) is 0. The lowest BCUT2D eigenvalue weighted by Gasteiger charge is -2.09. The Morgan fingerprint density at radius 3 is 2.71 bits per heavy atom. The van der Waals surface area contributed by atoms with Crippen LogP contribution in [0.4, 0.5) is 0 Å². The largest absolute Gasteiger partial charge is 0.496 e. The van der Waals surface area contributed by atoms with Gasteiger partial charge < -0.3 is 13.9 Å². The van der Waals surface area contributed by atoms with Crippen LogP contribution in [0.5, 0.6) is 5.75 Å².